The number of hydrogen-bond donors (Lipinski definition) is 1. The van der Waals surface area contributed by atoms with E-state index >= 15 is 4.39 Å². The molecule has 0 amide bonds. The number of benzene rings is 2. The number of piperidine rings is 1. The van der Waals surface area contributed by atoms with E-state index in [0.29, 0.717) is 40.7 Å². The summed E-state index contributed by atoms with van der Waals surface area (Å²) >= 11 is 1.59. The SMILES string of the molecule is Cc1cn2nc(-c3cc(F)c4nc(C5CCNCC5)sc4c3)cc(OCc3ccccc3)c2n1. The van der Waals surface area contributed by atoms with E-state index in [-0.39, 0.29) is 5.82 Å². The third-order valence-electron chi connectivity index (χ3n) is 6.20. The van der Waals surface area contributed by atoms with Crippen molar-refractivity contribution >= 4 is 27.2 Å². The summed E-state index contributed by atoms with van der Waals surface area (Å²) in [7, 11) is 0. The first kappa shape index (κ1) is 21.2. The van der Waals surface area contributed by atoms with E-state index in [1.807, 2.05) is 55.6 Å². The predicted molar refractivity (Wildman–Crippen MR) is 132 cm³/mol. The predicted octanol–water partition coefficient (Wildman–Crippen LogP) is 5.50. The van der Waals surface area contributed by atoms with Crippen LogP contribution < -0.4 is 10.1 Å². The first-order chi connectivity index (χ1) is 16.6. The molecule has 0 unspecified atom stereocenters. The molecule has 34 heavy (non-hydrogen) atoms. The monoisotopic (exact) mass is 473 g/mol. The van der Waals surface area contributed by atoms with Gasteiger partial charge in [-0.1, -0.05) is 30.3 Å². The molecule has 0 radical (unpaired) electrons. The van der Waals surface area contributed by atoms with Crippen LogP contribution in [0.15, 0.2) is 54.7 Å². The molecule has 2 aromatic carbocycles. The first-order valence-electron chi connectivity index (χ1n) is 11.5. The van der Waals surface area contributed by atoms with Crippen LogP contribution in [0.25, 0.3) is 27.1 Å². The maximum atomic E-state index is 15.2. The average molecular weight is 474 g/mol. The first-order valence-corrected chi connectivity index (χ1v) is 12.3. The van der Waals surface area contributed by atoms with Gasteiger partial charge in [0.2, 0.25) is 0 Å². The Kier molecular flexibility index (Phi) is 5.47. The number of imidazole rings is 1. The second kappa shape index (κ2) is 8.77. The molecule has 4 heterocycles. The highest BCUT2D eigenvalue weighted by Crippen LogP contribution is 2.36. The summed E-state index contributed by atoms with van der Waals surface area (Å²) in [6.45, 7) is 4.29. The molecule has 0 atom stereocenters. The van der Waals surface area contributed by atoms with Crippen molar-refractivity contribution < 1.29 is 9.13 Å². The van der Waals surface area contributed by atoms with Crippen molar-refractivity contribution in [3.05, 3.63) is 76.8 Å². The van der Waals surface area contributed by atoms with Gasteiger partial charge in [0.15, 0.2) is 17.2 Å². The number of rotatable bonds is 5. The minimum Gasteiger partial charge on any atom is -0.485 e. The molecule has 0 bridgehead atoms. The van der Waals surface area contributed by atoms with Crippen molar-refractivity contribution in [2.24, 2.45) is 0 Å². The quantitative estimate of drug-likeness (QED) is 0.365. The van der Waals surface area contributed by atoms with Crippen LogP contribution in [-0.4, -0.2) is 32.7 Å². The molecular formula is C26H24FN5OS. The highest BCUT2D eigenvalue weighted by molar-refractivity contribution is 7.18. The van der Waals surface area contributed by atoms with Gasteiger partial charge in [-0.15, -0.1) is 11.3 Å². The van der Waals surface area contributed by atoms with E-state index in [2.05, 4.69) is 15.3 Å². The van der Waals surface area contributed by atoms with E-state index in [4.69, 9.17) is 9.84 Å². The number of ether oxygens (including phenoxy) is 1. The van der Waals surface area contributed by atoms with Crippen molar-refractivity contribution in [2.75, 3.05) is 13.1 Å². The van der Waals surface area contributed by atoms with Gasteiger partial charge in [0.1, 0.15) is 12.1 Å². The molecule has 1 aliphatic rings. The van der Waals surface area contributed by atoms with Crippen LogP contribution in [0.4, 0.5) is 4.39 Å². The average Bonchev–Trinajstić information content (AvgIpc) is 3.47. The van der Waals surface area contributed by atoms with Crippen molar-refractivity contribution in [3.63, 3.8) is 0 Å². The van der Waals surface area contributed by atoms with Gasteiger partial charge in [0, 0.05) is 17.5 Å². The van der Waals surface area contributed by atoms with Crippen LogP contribution in [0.2, 0.25) is 0 Å². The molecule has 0 saturated carbocycles. The molecule has 1 fully saturated rings. The topological polar surface area (TPSA) is 64.3 Å². The Labute approximate surface area is 200 Å². The van der Waals surface area contributed by atoms with Crippen LogP contribution in [0.3, 0.4) is 0 Å². The number of aryl methyl sites for hydroxylation is 1. The number of thiazole rings is 1. The van der Waals surface area contributed by atoms with Gasteiger partial charge in [-0.05, 0) is 50.6 Å². The van der Waals surface area contributed by atoms with Gasteiger partial charge < -0.3 is 10.1 Å². The zero-order valence-electron chi connectivity index (χ0n) is 18.8. The lowest BCUT2D eigenvalue weighted by molar-refractivity contribution is 0.307. The summed E-state index contributed by atoms with van der Waals surface area (Å²) in [5.41, 5.74) is 4.32. The lowest BCUT2D eigenvalue weighted by Crippen LogP contribution is -2.26. The van der Waals surface area contributed by atoms with E-state index in [0.717, 1.165) is 46.9 Å². The summed E-state index contributed by atoms with van der Waals surface area (Å²) in [5.74, 6) is 0.685. The molecule has 6 nitrogen and oxygen atoms in total. The Balaban J connectivity index is 1.39. The van der Waals surface area contributed by atoms with Crippen molar-refractivity contribution in [2.45, 2.75) is 32.3 Å². The van der Waals surface area contributed by atoms with Gasteiger partial charge in [-0.2, -0.15) is 5.10 Å². The zero-order valence-corrected chi connectivity index (χ0v) is 19.6. The summed E-state index contributed by atoms with van der Waals surface area (Å²) in [5, 5.41) is 9.11. The molecule has 1 N–H and O–H groups in total. The van der Waals surface area contributed by atoms with Crippen LogP contribution in [-0.2, 0) is 6.61 Å². The third-order valence-corrected chi connectivity index (χ3v) is 7.36. The third kappa shape index (κ3) is 4.03. The van der Waals surface area contributed by atoms with E-state index in [1.54, 1.807) is 15.9 Å². The maximum absolute atomic E-state index is 15.2. The largest absolute Gasteiger partial charge is 0.485 e. The van der Waals surface area contributed by atoms with Crippen molar-refractivity contribution in [1.82, 2.24) is 24.9 Å². The molecule has 1 saturated heterocycles. The summed E-state index contributed by atoms with van der Waals surface area (Å²) in [4.78, 5) is 9.23. The Morgan fingerprint density at radius 1 is 1.12 bits per heavy atom. The zero-order chi connectivity index (χ0) is 23.1. The van der Waals surface area contributed by atoms with Crippen LogP contribution in [0, 0.1) is 12.7 Å². The minimum atomic E-state index is -0.320. The van der Waals surface area contributed by atoms with Gasteiger partial charge in [0.05, 0.1) is 27.3 Å². The smallest absolute Gasteiger partial charge is 0.196 e. The van der Waals surface area contributed by atoms with Crippen molar-refractivity contribution in [3.8, 4) is 17.0 Å². The number of fused-ring (bicyclic) bond motifs is 2. The lowest BCUT2D eigenvalue weighted by Gasteiger charge is -2.20. The molecule has 0 aliphatic carbocycles. The normalized spacial score (nSPS) is 14.8. The molecule has 0 spiro atoms. The fourth-order valence-corrected chi connectivity index (χ4v) is 5.63. The van der Waals surface area contributed by atoms with Crippen molar-refractivity contribution in [1.29, 1.82) is 0 Å². The van der Waals surface area contributed by atoms with Gasteiger partial charge in [0.25, 0.3) is 0 Å². The van der Waals surface area contributed by atoms with Gasteiger partial charge in [-0.3, -0.25) is 0 Å². The molecule has 172 valence electrons. The Hall–Kier alpha value is -3.36. The molecule has 3 aromatic heterocycles. The molecule has 5 aromatic rings. The maximum Gasteiger partial charge on any atom is 0.196 e. The Morgan fingerprint density at radius 2 is 1.94 bits per heavy atom. The highest BCUT2D eigenvalue weighted by Gasteiger charge is 2.21. The fourth-order valence-electron chi connectivity index (χ4n) is 4.44. The van der Waals surface area contributed by atoms with Crippen LogP contribution >= 0.6 is 11.3 Å². The molecule has 6 rings (SSSR count). The number of nitrogens with zero attached hydrogens (tertiary/aromatic N) is 4. The summed E-state index contributed by atoms with van der Waals surface area (Å²) in [6, 6.07) is 15.3. The number of aromatic nitrogens is 4. The number of hydrogen-bond acceptors (Lipinski definition) is 6. The van der Waals surface area contributed by atoms with E-state index in [1.165, 1.54) is 6.07 Å². The second-order valence-corrected chi connectivity index (χ2v) is 9.76. The fraction of sp³-hybridized carbons (Fsp3) is 0.269. The summed E-state index contributed by atoms with van der Waals surface area (Å²) < 4.78 is 23.9. The molecule has 8 heteroatoms. The van der Waals surface area contributed by atoms with E-state index in [9.17, 15) is 0 Å². The standard InChI is InChI=1S/C26H24FN5OS/c1-16-14-32-25(29-16)22(33-15-17-5-3-2-4-6-17)13-21(31-32)19-11-20(27)24-23(12-19)34-26(30-24)18-7-9-28-10-8-18/h2-6,11-14,18,28H,7-10,15H2,1H3. The molecule has 1 aliphatic heterocycles. The van der Waals surface area contributed by atoms with Gasteiger partial charge in [-0.25, -0.2) is 18.9 Å². The van der Waals surface area contributed by atoms with Crippen LogP contribution in [0.1, 0.15) is 35.0 Å². The van der Waals surface area contributed by atoms with Gasteiger partial charge >= 0.3 is 0 Å². The number of halogens is 1. The van der Waals surface area contributed by atoms with Crippen LogP contribution in [0.5, 0.6) is 5.75 Å². The second-order valence-electron chi connectivity index (χ2n) is 8.70. The summed E-state index contributed by atoms with van der Waals surface area (Å²) in [6.07, 6.45) is 3.92. The number of nitrogens with one attached hydrogen (secondary N) is 1. The minimum absolute atomic E-state index is 0.320. The van der Waals surface area contributed by atoms with E-state index < -0.39 is 0 Å². The Morgan fingerprint density at radius 3 is 2.76 bits per heavy atom. The lowest BCUT2D eigenvalue weighted by atomic mass is 9.99. The molecular weight excluding hydrogens is 449 g/mol. The Bertz CT molecular complexity index is 1470. The highest BCUT2D eigenvalue weighted by atomic mass is 32.1.